The Kier molecular flexibility index (Phi) is 8.66. The van der Waals surface area contributed by atoms with Gasteiger partial charge in [0, 0.05) is 55.7 Å². The fourth-order valence-electron chi connectivity index (χ4n) is 9.98. The second-order valence-corrected chi connectivity index (χ2v) is 16.6. The summed E-state index contributed by atoms with van der Waals surface area (Å²) in [7, 11) is 3.84. The molecule has 8 heterocycles. The van der Waals surface area contributed by atoms with Crippen molar-refractivity contribution in [3.8, 4) is 17.3 Å². The molecular weight excluding hydrogens is 733 g/mol. The van der Waals surface area contributed by atoms with Crippen LogP contribution in [0.5, 0.6) is 6.01 Å². The highest BCUT2D eigenvalue weighted by atomic mass is 19.1. The van der Waals surface area contributed by atoms with Crippen LogP contribution in [0.25, 0.3) is 61.1 Å². The molecule has 298 valence electrons. The van der Waals surface area contributed by atoms with Gasteiger partial charge in [0.2, 0.25) is 0 Å². The molecule has 4 saturated heterocycles. The molecule has 15 heteroatoms. The van der Waals surface area contributed by atoms with Crippen LogP contribution in [0, 0.1) is 5.82 Å². The molecular formula is C42H47F2N9O4. The summed E-state index contributed by atoms with van der Waals surface area (Å²) in [6, 6.07) is 5.52. The van der Waals surface area contributed by atoms with Gasteiger partial charge in [-0.25, -0.2) is 13.5 Å². The molecule has 10 rings (SSSR count). The summed E-state index contributed by atoms with van der Waals surface area (Å²) in [6.45, 7) is 9.54. The molecule has 0 spiro atoms. The number of anilines is 1. The van der Waals surface area contributed by atoms with Gasteiger partial charge in [-0.05, 0) is 75.1 Å². The Morgan fingerprint density at radius 1 is 1.11 bits per heavy atom. The summed E-state index contributed by atoms with van der Waals surface area (Å²) in [5.74, 6) is 0.202. The maximum atomic E-state index is 15.7. The number of benzene rings is 2. The van der Waals surface area contributed by atoms with Crippen molar-refractivity contribution in [1.82, 2.24) is 39.0 Å². The summed E-state index contributed by atoms with van der Waals surface area (Å²) in [4.78, 5) is 14.5. The Morgan fingerprint density at radius 3 is 2.79 bits per heavy atom. The lowest BCUT2D eigenvalue weighted by atomic mass is 9.93. The highest BCUT2D eigenvalue weighted by Crippen LogP contribution is 2.46. The summed E-state index contributed by atoms with van der Waals surface area (Å²) in [5.41, 5.74) is 4.04. The Morgan fingerprint density at radius 2 is 1.98 bits per heavy atom. The second-order valence-electron chi connectivity index (χ2n) is 16.6. The van der Waals surface area contributed by atoms with E-state index >= 15 is 4.39 Å². The zero-order chi connectivity index (χ0) is 39.2. The van der Waals surface area contributed by atoms with E-state index in [4.69, 9.17) is 34.4 Å². The molecule has 57 heavy (non-hydrogen) atoms. The zero-order valence-electron chi connectivity index (χ0n) is 32.6. The number of hydrogen-bond donors (Lipinski definition) is 1. The second kappa shape index (κ2) is 13.6. The largest absolute Gasteiger partial charge is 0.461 e. The van der Waals surface area contributed by atoms with Crippen LogP contribution < -0.4 is 9.64 Å². The van der Waals surface area contributed by atoms with E-state index < -0.39 is 5.60 Å². The molecule has 1 N–H and O–H groups in total. The first-order valence-corrected chi connectivity index (χ1v) is 19.9. The minimum Gasteiger partial charge on any atom is -0.461 e. The van der Waals surface area contributed by atoms with Gasteiger partial charge in [0.25, 0.3) is 0 Å². The van der Waals surface area contributed by atoms with E-state index in [-0.39, 0.29) is 36.7 Å². The van der Waals surface area contributed by atoms with Crippen molar-refractivity contribution in [2.45, 2.75) is 62.8 Å². The number of nitrogens with zero attached hydrogens (tertiary/aromatic N) is 9. The predicted octanol–water partition coefficient (Wildman–Crippen LogP) is 6.56. The Balaban J connectivity index is 1.21. The average molecular weight is 780 g/mol. The van der Waals surface area contributed by atoms with Gasteiger partial charge in [-0.15, -0.1) is 0 Å². The third-order valence-corrected chi connectivity index (χ3v) is 12.6. The molecule has 6 aromatic rings. The number of fused-ring (bicyclic) bond motifs is 6. The third kappa shape index (κ3) is 5.76. The van der Waals surface area contributed by atoms with E-state index in [1.165, 1.54) is 6.07 Å². The van der Waals surface area contributed by atoms with Gasteiger partial charge in [-0.1, -0.05) is 18.7 Å². The van der Waals surface area contributed by atoms with Crippen molar-refractivity contribution in [2.24, 2.45) is 14.1 Å². The zero-order valence-corrected chi connectivity index (χ0v) is 32.6. The van der Waals surface area contributed by atoms with E-state index in [0.717, 1.165) is 88.8 Å². The van der Waals surface area contributed by atoms with E-state index in [1.807, 2.05) is 39.1 Å². The smallest absolute Gasteiger partial charge is 0.320 e. The minimum absolute atomic E-state index is 0.183. The van der Waals surface area contributed by atoms with Crippen LogP contribution in [0.15, 0.2) is 42.9 Å². The van der Waals surface area contributed by atoms with Gasteiger partial charge in [0.05, 0.1) is 59.8 Å². The van der Waals surface area contributed by atoms with Crippen LogP contribution in [0.3, 0.4) is 0 Å². The lowest BCUT2D eigenvalue weighted by molar-refractivity contribution is -0.0366. The monoisotopic (exact) mass is 779 g/mol. The molecule has 0 saturated carbocycles. The normalized spacial score (nSPS) is 25.4. The number of aryl methyl sites for hydroxylation is 2. The standard InChI is InChI=1S/C42H47F2N9O4/c1-5-27-29(44)11-10-26-17-30-28(20-45-53(30)31-9-6-7-15-56-31)33(32(26)27)35-37-36(50(4)48-35)34-38(49(37)3)46-40(47-39(34)51-14-16-55-23-41(2,54)22-51)57-24-42-12-8-13-52(42)21-25(18-42)19-43/h5,10-11,17,19-20,31,54H,1,6-9,12-16,18,21-24H2,2-4H3/b25-19-/t31?,41-,42-/m0/s1. The first-order chi connectivity index (χ1) is 27.6. The molecule has 4 aliphatic heterocycles. The van der Waals surface area contributed by atoms with Crippen molar-refractivity contribution in [2.75, 3.05) is 57.5 Å². The fourth-order valence-corrected chi connectivity index (χ4v) is 9.98. The quantitative estimate of drug-likeness (QED) is 0.191. The van der Waals surface area contributed by atoms with E-state index in [0.29, 0.717) is 67.4 Å². The number of hydrogen-bond acceptors (Lipinski definition) is 10. The third-order valence-electron chi connectivity index (χ3n) is 12.6. The number of halogens is 2. The Labute approximate surface area is 328 Å². The van der Waals surface area contributed by atoms with Crippen LogP contribution in [0.4, 0.5) is 14.6 Å². The average Bonchev–Trinajstić information content (AvgIpc) is 4.00. The maximum absolute atomic E-state index is 15.7. The number of β-amino-alcohol motifs (C(OH)–C–C–N with tert-alkyl or cyclic N) is 1. The first-order valence-electron chi connectivity index (χ1n) is 19.9. The molecule has 4 fully saturated rings. The summed E-state index contributed by atoms with van der Waals surface area (Å²) in [5, 5.41) is 24.5. The van der Waals surface area contributed by atoms with Gasteiger partial charge in [0.1, 0.15) is 29.5 Å². The molecule has 0 amide bonds. The summed E-state index contributed by atoms with van der Waals surface area (Å²) >= 11 is 0. The maximum Gasteiger partial charge on any atom is 0.320 e. The van der Waals surface area contributed by atoms with Crippen molar-refractivity contribution in [3.05, 3.63) is 54.3 Å². The van der Waals surface area contributed by atoms with Gasteiger partial charge >= 0.3 is 6.01 Å². The molecule has 4 aliphatic rings. The molecule has 0 bridgehead atoms. The van der Waals surface area contributed by atoms with Gasteiger partial charge in [-0.2, -0.15) is 20.2 Å². The van der Waals surface area contributed by atoms with Crippen LogP contribution in [0.2, 0.25) is 0 Å². The van der Waals surface area contributed by atoms with Crippen LogP contribution in [0.1, 0.15) is 57.2 Å². The minimum atomic E-state index is -1.15. The van der Waals surface area contributed by atoms with Crippen molar-refractivity contribution >= 4 is 55.6 Å². The van der Waals surface area contributed by atoms with Crippen molar-refractivity contribution < 1.29 is 28.1 Å². The molecule has 1 unspecified atom stereocenters. The number of aromatic nitrogens is 7. The van der Waals surface area contributed by atoms with E-state index in [1.54, 1.807) is 19.1 Å². The van der Waals surface area contributed by atoms with Crippen molar-refractivity contribution in [1.29, 1.82) is 0 Å². The summed E-state index contributed by atoms with van der Waals surface area (Å²) < 4.78 is 53.9. The number of aliphatic hydroxyl groups is 1. The van der Waals surface area contributed by atoms with E-state index in [2.05, 4.69) is 17.5 Å². The SMILES string of the molecule is C=Cc1c(F)ccc2cc3c(cnn3C3CCCCO3)c(-c3nn(C)c4c5c(N6CCOC[C@@](C)(O)C6)nc(OC[C@@]67CCCN6C/C(=C\F)C7)nc5n(C)c34)c12. The van der Waals surface area contributed by atoms with Gasteiger partial charge in [0.15, 0.2) is 11.9 Å². The Bertz CT molecular complexity index is 2620. The first kappa shape index (κ1) is 36.4. The topological polar surface area (TPSA) is 121 Å². The van der Waals surface area contributed by atoms with Crippen LogP contribution >= 0.6 is 0 Å². The van der Waals surface area contributed by atoms with Gasteiger partial charge in [-0.3, -0.25) is 9.58 Å². The Hall–Kier alpha value is -4.96. The lowest BCUT2D eigenvalue weighted by Gasteiger charge is -2.31. The highest BCUT2D eigenvalue weighted by Gasteiger charge is 2.47. The lowest BCUT2D eigenvalue weighted by Crippen LogP contribution is -2.44. The van der Waals surface area contributed by atoms with E-state index in [9.17, 15) is 9.50 Å². The van der Waals surface area contributed by atoms with Crippen LogP contribution in [-0.2, 0) is 23.6 Å². The molecule has 13 nitrogen and oxygen atoms in total. The molecule has 0 radical (unpaired) electrons. The van der Waals surface area contributed by atoms with Gasteiger partial charge < -0.3 is 28.8 Å². The molecule has 2 aromatic carbocycles. The molecule has 4 aromatic heterocycles. The highest BCUT2D eigenvalue weighted by molar-refractivity contribution is 6.20. The van der Waals surface area contributed by atoms with Crippen LogP contribution in [-0.4, -0.2) is 108 Å². The number of ether oxygens (including phenoxy) is 3. The predicted molar refractivity (Wildman–Crippen MR) is 214 cm³/mol. The van der Waals surface area contributed by atoms with Crippen molar-refractivity contribution in [3.63, 3.8) is 0 Å². The fraction of sp³-hybridized carbons (Fsp3) is 0.476. The number of rotatable bonds is 7. The summed E-state index contributed by atoms with van der Waals surface area (Å²) in [6.07, 6.45) is 9.32. The molecule has 3 atom stereocenters. The molecule has 0 aliphatic carbocycles.